The average molecular weight is 314 g/mol. The number of nitrogens with one attached hydrogen (secondary N) is 2. The van der Waals surface area contributed by atoms with Gasteiger partial charge >= 0.3 is 0 Å². The van der Waals surface area contributed by atoms with E-state index in [2.05, 4.69) is 10.6 Å². The third-order valence-electron chi connectivity index (χ3n) is 3.88. The number of amides is 1. The summed E-state index contributed by atoms with van der Waals surface area (Å²) in [5, 5.41) is 6.14. The lowest BCUT2D eigenvalue weighted by atomic mass is 9.83. The SMILES string of the molecule is CCNCc1cccc(NC(=O)C(C)(C)c2ccccc2F)c1. The van der Waals surface area contributed by atoms with Crippen LogP contribution in [0.3, 0.4) is 0 Å². The van der Waals surface area contributed by atoms with E-state index in [0.29, 0.717) is 5.56 Å². The van der Waals surface area contributed by atoms with Crippen LogP contribution in [0.5, 0.6) is 0 Å². The fraction of sp³-hybridized carbons (Fsp3) is 0.316. The molecule has 2 rings (SSSR count). The number of halogens is 1. The maximum atomic E-state index is 14.0. The zero-order valence-corrected chi connectivity index (χ0v) is 13.8. The molecule has 2 aromatic rings. The van der Waals surface area contributed by atoms with Gasteiger partial charge in [0, 0.05) is 17.8 Å². The van der Waals surface area contributed by atoms with Crippen molar-refractivity contribution < 1.29 is 9.18 Å². The van der Waals surface area contributed by atoms with E-state index >= 15 is 0 Å². The van der Waals surface area contributed by atoms with E-state index in [4.69, 9.17) is 0 Å². The second-order valence-corrected chi connectivity index (χ2v) is 6.04. The third kappa shape index (κ3) is 4.17. The maximum Gasteiger partial charge on any atom is 0.234 e. The first-order valence-corrected chi connectivity index (χ1v) is 7.81. The summed E-state index contributed by atoms with van der Waals surface area (Å²) >= 11 is 0. The molecular formula is C19H23FN2O. The number of hydrogen-bond acceptors (Lipinski definition) is 2. The molecular weight excluding hydrogens is 291 g/mol. The van der Waals surface area contributed by atoms with Gasteiger partial charge in [-0.25, -0.2) is 4.39 Å². The first kappa shape index (κ1) is 17.2. The van der Waals surface area contributed by atoms with Gasteiger partial charge in [-0.1, -0.05) is 37.3 Å². The smallest absolute Gasteiger partial charge is 0.234 e. The summed E-state index contributed by atoms with van der Waals surface area (Å²) in [6.45, 7) is 7.13. The summed E-state index contributed by atoms with van der Waals surface area (Å²) in [5.41, 5.74) is 1.24. The summed E-state index contributed by atoms with van der Waals surface area (Å²) in [6, 6.07) is 14.1. The Hall–Kier alpha value is -2.20. The van der Waals surface area contributed by atoms with Crippen LogP contribution >= 0.6 is 0 Å². The van der Waals surface area contributed by atoms with E-state index in [1.54, 1.807) is 32.0 Å². The van der Waals surface area contributed by atoms with Gasteiger partial charge in [-0.3, -0.25) is 4.79 Å². The molecule has 0 heterocycles. The number of rotatable bonds is 6. The molecule has 122 valence electrons. The van der Waals surface area contributed by atoms with Crippen molar-refractivity contribution in [3.63, 3.8) is 0 Å². The predicted molar refractivity (Wildman–Crippen MR) is 91.9 cm³/mol. The van der Waals surface area contributed by atoms with Crippen LogP contribution in [0.15, 0.2) is 48.5 Å². The Balaban J connectivity index is 2.16. The fourth-order valence-corrected chi connectivity index (χ4v) is 2.41. The van der Waals surface area contributed by atoms with Crippen LogP contribution in [0.1, 0.15) is 31.9 Å². The molecule has 23 heavy (non-hydrogen) atoms. The van der Waals surface area contributed by atoms with Crippen molar-refractivity contribution in [3.05, 3.63) is 65.5 Å². The van der Waals surface area contributed by atoms with Gasteiger partial charge < -0.3 is 10.6 Å². The molecule has 0 bridgehead atoms. The molecule has 0 aliphatic heterocycles. The number of benzene rings is 2. The molecule has 3 nitrogen and oxygen atoms in total. The Morgan fingerprint density at radius 2 is 1.87 bits per heavy atom. The summed E-state index contributed by atoms with van der Waals surface area (Å²) < 4.78 is 14.0. The number of carbonyl (C=O) groups is 1. The second-order valence-electron chi connectivity index (χ2n) is 6.04. The molecule has 0 aliphatic rings. The highest BCUT2D eigenvalue weighted by molar-refractivity contribution is 5.98. The molecule has 0 saturated heterocycles. The van der Waals surface area contributed by atoms with Crippen LogP contribution in [0.4, 0.5) is 10.1 Å². The van der Waals surface area contributed by atoms with Gasteiger partial charge in [0.1, 0.15) is 5.82 Å². The van der Waals surface area contributed by atoms with Crippen LogP contribution in [0.2, 0.25) is 0 Å². The first-order valence-electron chi connectivity index (χ1n) is 7.81. The maximum absolute atomic E-state index is 14.0. The minimum absolute atomic E-state index is 0.233. The van der Waals surface area contributed by atoms with Crippen molar-refractivity contribution in [1.82, 2.24) is 5.32 Å². The van der Waals surface area contributed by atoms with E-state index in [-0.39, 0.29) is 11.7 Å². The monoisotopic (exact) mass is 314 g/mol. The zero-order chi connectivity index (χ0) is 16.9. The lowest BCUT2D eigenvalue weighted by Crippen LogP contribution is -2.35. The Labute approximate surface area is 136 Å². The average Bonchev–Trinajstić information content (AvgIpc) is 2.53. The Morgan fingerprint density at radius 3 is 2.57 bits per heavy atom. The lowest BCUT2D eigenvalue weighted by Gasteiger charge is -2.24. The minimum atomic E-state index is -0.955. The van der Waals surface area contributed by atoms with E-state index in [1.165, 1.54) is 6.07 Å². The van der Waals surface area contributed by atoms with E-state index in [1.807, 2.05) is 31.2 Å². The fourth-order valence-electron chi connectivity index (χ4n) is 2.41. The summed E-state index contributed by atoms with van der Waals surface area (Å²) in [5.74, 6) is -0.600. The molecule has 0 unspecified atom stereocenters. The number of carbonyl (C=O) groups excluding carboxylic acids is 1. The molecule has 0 atom stereocenters. The molecule has 4 heteroatoms. The molecule has 2 N–H and O–H groups in total. The highest BCUT2D eigenvalue weighted by Crippen LogP contribution is 2.27. The summed E-state index contributed by atoms with van der Waals surface area (Å²) in [7, 11) is 0. The molecule has 0 spiro atoms. The van der Waals surface area contributed by atoms with Gasteiger partial charge in [-0.15, -0.1) is 0 Å². The zero-order valence-electron chi connectivity index (χ0n) is 13.8. The first-order chi connectivity index (χ1) is 10.9. The number of anilines is 1. The van der Waals surface area contributed by atoms with Crippen LogP contribution < -0.4 is 10.6 Å². The summed E-state index contributed by atoms with van der Waals surface area (Å²) in [4.78, 5) is 12.6. The highest BCUT2D eigenvalue weighted by atomic mass is 19.1. The van der Waals surface area contributed by atoms with Crippen LogP contribution in [-0.4, -0.2) is 12.5 Å². The molecule has 1 amide bonds. The molecule has 0 saturated carbocycles. The van der Waals surface area contributed by atoms with Gasteiger partial charge in [-0.05, 0) is 44.2 Å². The van der Waals surface area contributed by atoms with Gasteiger partial charge in [0.05, 0.1) is 5.41 Å². The Morgan fingerprint density at radius 1 is 1.13 bits per heavy atom. The van der Waals surface area contributed by atoms with Crippen LogP contribution in [-0.2, 0) is 16.8 Å². The quantitative estimate of drug-likeness (QED) is 0.850. The Kier molecular flexibility index (Phi) is 5.50. The molecule has 0 aromatic heterocycles. The normalized spacial score (nSPS) is 11.3. The van der Waals surface area contributed by atoms with Crippen molar-refractivity contribution in [2.75, 3.05) is 11.9 Å². The van der Waals surface area contributed by atoms with Crippen molar-refractivity contribution in [1.29, 1.82) is 0 Å². The van der Waals surface area contributed by atoms with Crippen molar-refractivity contribution in [2.45, 2.75) is 32.7 Å². The van der Waals surface area contributed by atoms with E-state index < -0.39 is 5.41 Å². The molecule has 0 aliphatic carbocycles. The van der Waals surface area contributed by atoms with Gasteiger partial charge in [0.25, 0.3) is 0 Å². The van der Waals surface area contributed by atoms with Crippen molar-refractivity contribution in [3.8, 4) is 0 Å². The minimum Gasteiger partial charge on any atom is -0.325 e. The topological polar surface area (TPSA) is 41.1 Å². The molecule has 2 aromatic carbocycles. The van der Waals surface area contributed by atoms with E-state index in [9.17, 15) is 9.18 Å². The van der Waals surface area contributed by atoms with Crippen molar-refractivity contribution >= 4 is 11.6 Å². The van der Waals surface area contributed by atoms with Gasteiger partial charge in [-0.2, -0.15) is 0 Å². The molecule has 0 radical (unpaired) electrons. The lowest BCUT2D eigenvalue weighted by molar-refractivity contribution is -0.120. The van der Waals surface area contributed by atoms with Crippen molar-refractivity contribution in [2.24, 2.45) is 0 Å². The largest absolute Gasteiger partial charge is 0.325 e. The summed E-state index contributed by atoms with van der Waals surface area (Å²) in [6.07, 6.45) is 0. The third-order valence-corrected chi connectivity index (χ3v) is 3.88. The van der Waals surface area contributed by atoms with Crippen LogP contribution in [0, 0.1) is 5.82 Å². The van der Waals surface area contributed by atoms with Gasteiger partial charge in [0.2, 0.25) is 5.91 Å². The van der Waals surface area contributed by atoms with Gasteiger partial charge in [0.15, 0.2) is 0 Å². The predicted octanol–water partition coefficient (Wildman–Crippen LogP) is 3.85. The molecule has 0 fully saturated rings. The standard InChI is InChI=1S/C19H23FN2O/c1-4-21-13-14-8-7-9-15(12-14)22-18(23)19(2,3)16-10-5-6-11-17(16)20/h5-12,21H,4,13H2,1-3H3,(H,22,23). The van der Waals surface area contributed by atoms with E-state index in [0.717, 1.165) is 24.3 Å². The highest BCUT2D eigenvalue weighted by Gasteiger charge is 2.32. The second kappa shape index (κ2) is 7.38. The number of hydrogen-bond donors (Lipinski definition) is 2. The van der Waals surface area contributed by atoms with Crippen LogP contribution in [0.25, 0.3) is 0 Å². The Bertz CT molecular complexity index is 683.